The first kappa shape index (κ1) is 14.4. The fourth-order valence-electron chi connectivity index (χ4n) is 3.55. The summed E-state index contributed by atoms with van der Waals surface area (Å²) >= 11 is 0. The Kier molecular flexibility index (Phi) is 3.89. The van der Waals surface area contributed by atoms with Gasteiger partial charge in [-0.3, -0.25) is 4.79 Å². The number of carbonyl (C=O) groups excluding carboxylic acids is 1. The summed E-state index contributed by atoms with van der Waals surface area (Å²) in [4.78, 5) is 14.1. The normalized spacial score (nSPS) is 27.8. The summed E-state index contributed by atoms with van der Waals surface area (Å²) in [5.74, 6) is 1.56. The van der Waals surface area contributed by atoms with Crippen molar-refractivity contribution in [2.24, 2.45) is 11.8 Å². The number of rotatable bonds is 3. The first-order valence-corrected chi connectivity index (χ1v) is 7.71. The first-order valence-electron chi connectivity index (χ1n) is 7.71. The van der Waals surface area contributed by atoms with Crippen molar-refractivity contribution in [2.45, 2.75) is 32.8 Å². The summed E-state index contributed by atoms with van der Waals surface area (Å²) in [5, 5.41) is 9.90. The van der Waals surface area contributed by atoms with Crippen LogP contribution in [0.2, 0.25) is 0 Å². The maximum Gasteiger partial charge on any atom is 0.260 e. The molecule has 1 saturated heterocycles. The number of likely N-dealkylation sites (tertiary alicyclic amines) is 1. The molecule has 1 aliphatic heterocycles. The van der Waals surface area contributed by atoms with E-state index in [2.05, 4.69) is 0 Å². The van der Waals surface area contributed by atoms with E-state index in [-0.39, 0.29) is 24.5 Å². The van der Waals surface area contributed by atoms with E-state index in [4.69, 9.17) is 4.74 Å². The molecule has 1 heterocycles. The highest BCUT2D eigenvalue weighted by molar-refractivity contribution is 5.78. The lowest BCUT2D eigenvalue weighted by atomic mass is 10.00. The predicted octanol–water partition coefficient (Wildman–Crippen LogP) is 1.91. The third kappa shape index (κ3) is 2.77. The summed E-state index contributed by atoms with van der Waals surface area (Å²) in [5.41, 5.74) is 2.25. The van der Waals surface area contributed by atoms with Gasteiger partial charge in [0.15, 0.2) is 6.61 Å². The fraction of sp³-hybridized carbons (Fsp3) is 0.588. The Morgan fingerprint density at radius 3 is 2.90 bits per heavy atom. The Labute approximate surface area is 125 Å². The molecule has 1 N–H and O–H groups in total. The highest BCUT2D eigenvalue weighted by Gasteiger charge is 2.43. The van der Waals surface area contributed by atoms with Gasteiger partial charge in [0.25, 0.3) is 5.91 Å². The monoisotopic (exact) mass is 289 g/mol. The largest absolute Gasteiger partial charge is 0.483 e. The van der Waals surface area contributed by atoms with Crippen LogP contribution in [0.4, 0.5) is 0 Å². The number of aliphatic hydroxyl groups is 1. The van der Waals surface area contributed by atoms with Gasteiger partial charge in [0.1, 0.15) is 5.75 Å². The number of hydrogen-bond acceptors (Lipinski definition) is 3. The number of aryl methyl sites for hydroxylation is 1. The molecule has 114 valence electrons. The van der Waals surface area contributed by atoms with E-state index in [1.807, 2.05) is 36.9 Å². The molecule has 4 nitrogen and oxygen atoms in total. The van der Waals surface area contributed by atoms with E-state index in [0.717, 1.165) is 30.7 Å². The molecular formula is C17H23NO3. The number of ether oxygens (including phenoxy) is 1. The average molecular weight is 289 g/mol. The summed E-state index contributed by atoms with van der Waals surface area (Å²) in [6, 6.07) is 5.88. The number of amides is 1. The molecule has 0 radical (unpaired) electrons. The van der Waals surface area contributed by atoms with Crippen LogP contribution in [0.15, 0.2) is 18.2 Å². The highest BCUT2D eigenvalue weighted by atomic mass is 16.5. The van der Waals surface area contributed by atoms with Crippen molar-refractivity contribution in [3.63, 3.8) is 0 Å². The van der Waals surface area contributed by atoms with Gasteiger partial charge in [0, 0.05) is 19.0 Å². The number of carbonyl (C=O) groups is 1. The second-order valence-corrected chi connectivity index (χ2v) is 6.35. The lowest BCUT2D eigenvalue weighted by Crippen LogP contribution is -2.34. The fourth-order valence-corrected chi connectivity index (χ4v) is 3.55. The molecule has 1 saturated carbocycles. The van der Waals surface area contributed by atoms with Crippen molar-refractivity contribution in [1.82, 2.24) is 4.90 Å². The molecule has 1 aromatic rings. The van der Waals surface area contributed by atoms with Gasteiger partial charge < -0.3 is 14.7 Å². The molecule has 21 heavy (non-hydrogen) atoms. The van der Waals surface area contributed by atoms with Crippen LogP contribution in [0, 0.1) is 25.7 Å². The predicted molar refractivity (Wildman–Crippen MR) is 80.2 cm³/mol. The van der Waals surface area contributed by atoms with Crippen LogP contribution in [0.3, 0.4) is 0 Å². The van der Waals surface area contributed by atoms with Crippen LogP contribution in [0.5, 0.6) is 5.75 Å². The standard InChI is InChI=1S/C17H23NO3/c1-11-4-3-5-16(12(11)2)21-10-17(20)18-8-13-6-7-15(19)14(13)9-18/h3-5,13-15,19H,6-10H2,1-2H3. The van der Waals surface area contributed by atoms with E-state index in [1.54, 1.807) is 0 Å². The van der Waals surface area contributed by atoms with Crippen molar-refractivity contribution in [2.75, 3.05) is 19.7 Å². The van der Waals surface area contributed by atoms with Gasteiger partial charge in [-0.1, -0.05) is 12.1 Å². The molecule has 1 aliphatic carbocycles. The van der Waals surface area contributed by atoms with Gasteiger partial charge in [-0.05, 0) is 49.8 Å². The quantitative estimate of drug-likeness (QED) is 0.925. The van der Waals surface area contributed by atoms with Gasteiger partial charge in [0.2, 0.25) is 0 Å². The van der Waals surface area contributed by atoms with Gasteiger partial charge in [-0.15, -0.1) is 0 Å². The van der Waals surface area contributed by atoms with Crippen molar-refractivity contribution >= 4 is 5.91 Å². The van der Waals surface area contributed by atoms with Crippen LogP contribution in [-0.2, 0) is 4.79 Å². The number of benzene rings is 1. The summed E-state index contributed by atoms with van der Waals surface area (Å²) in [6.45, 7) is 5.58. The van der Waals surface area contributed by atoms with Crippen LogP contribution in [-0.4, -0.2) is 41.7 Å². The SMILES string of the molecule is Cc1cccc(OCC(=O)N2CC3CCC(O)C3C2)c1C. The van der Waals surface area contributed by atoms with E-state index in [0.29, 0.717) is 12.5 Å². The number of hydrogen-bond donors (Lipinski definition) is 1. The van der Waals surface area contributed by atoms with Crippen molar-refractivity contribution < 1.29 is 14.6 Å². The number of fused-ring (bicyclic) bond motifs is 1. The van der Waals surface area contributed by atoms with Crippen LogP contribution in [0.25, 0.3) is 0 Å². The Morgan fingerprint density at radius 1 is 1.33 bits per heavy atom. The number of nitrogens with zero attached hydrogens (tertiary/aromatic N) is 1. The Morgan fingerprint density at radius 2 is 2.14 bits per heavy atom. The van der Waals surface area contributed by atoms with E-state index >= 15 is 0 Å². The zero-order valence-electron chi connectivity index (χ0n) is 12.7. The van der Waals surface area contributed by atoms with Gasteiger partial charge >= 0.3 is 0 Å². The third-order valence-corrected chi connectivity index (χ3v) is 5.08. The zero-order valence-corrected chi connectivity index (χ0v) is 12.7. The summed E-state index contributed by atoms with van der Waals surface area (Å²) in [7, 11) is 0. The third-order valence-electron chi connectivity index (χ3n) is 5.08. The molecule has 2 aliphatic rings. The Bertz CT molecular complexity index is 543. The van der Waals surface area contributed by atoms with Crippen molar-refractivity contribution in [1.29, 1.82) is 0 Å². The minimum atomic E-state index is -0.229. The van der Waals surface area contributed by atoms with Gasteiger partial charge in [0.05, 0.1) is 6.10 Å². The van der Waals surface area contributed by atoms with Crippen molar-refractivity contribution in [3.8, 4) is 5.75 Å². The maximum atomic E-state index is 12.3. The number of aliphatic hydroxyl groups excluding tert-OH is 1. The molecule has 2 fully saturated rings. The van der Waals surface area contributed by atoms with Crippen LogP contribution >= 0.6 is 0 Å². The second kappa shape index (κ2) is 5.68. The Balaban J connectivity index is 1.57. The second-order valence-electron chi connectivity index (χ2n) is 6.35. The maximum absolute atomic E-state index is 12.3. The van der Waals surface area contributed by atoms with Crippen LogP contribution in [0.1, 0.15) is 24.0 Å². The molecule has 0 spiro atoms. The minimum Gasteiger partial charge on any atom is -0.483 e. The van der Waals surface area contributed by atoms with Gasteiger partial charge in [-0.25, -0.2) is 0 Å². The first-order chi connectivity index (χ1) is 10.1. The van der Waals surface area contributed by atoms with E-state index in [9.17, 15) is 9.90 Å². The summed E-state index contributed by atoms with van der Waals surface area (Å²) in [6.07, 6.45) is 1.69. The highest BCUT2D eigenvalue weighted by Crippen LogP contribution is 2.38. The molecule has 1 amide bonds. The molecule has 0 aromatic heterocycles. The van der Waals surface area contributed by atoms with Gasteiger partial charge in [-0.2, -0.15) is 0 Å². The molecule has 0 bridgehead atoms. The van der Waals surface area contributed by atoms with E-state index in [1.165, 1.54) is 5.56 Å². The van der Waals surface area contributed by atoms with Crippen molar-refractivity contribution in [3.05, 3.63) is 29.3 Å². The van der Waals surface area contributed by atoms with E-state index < -0.39 is 0 Å². The minimum absolute atomic E-state index is 0.0255. The zero-order chi connectivity index (χ0) is 15.0. The average Bonchev–Trinajstić information content (AvgIpc) is 3.03. The Hall–Kier alpha value is -1.55. The molecule has 3 unspecified atom stereocenters. The molecule has 3 rings (SSSR count). The lowest BCUT2D eigenvalue weighted by molar-refractivity contribution is -0.132. The lowest BCUT2D eigenvalue weighted by Gasteiger charge is -2.19. The molecule has 3 atom stereocenters. The molecule has 4 heteroatoms. The summed E-state index contributed by atoms with van der Waals surface area (Å²) < 4.78 is 5.69. The molecule has 1 aromatic carbocycles. The smallest absolute Gasteiger partial charge is 0.260 e. The topological polar surface area (TPSA) is 49.8 Å². The molecular weight excluding hydrogens is 266 g/mol. The van der Waals surface area contributed by atoms with Crippen LogP contribution < -0.4 is 4.74 Å².